The van der Waals surface area contributed by atoms with Crippen LogP contribution in [0, 0.1) is 0 Å². The molecular weight excluding hydrogens is 474 g/mol. The molecule has 0 aromatic heterocycles. The quantitative estimate of drug-likeness (QED) is 0.290. The topological polar surface area (TPSA) is 81.7 Å². The van der Waals surface area contributed by atoms with E-state index in [1.807, 2.05) is 42.5 Å². The van der Waals surface area contributed by atoms with Crippen molar-refractivity contribution >= 4 is 46.1 Å². The van der Waals surface area contributed by atoms with E-state index >= 15 is 0 Å². The normalized spacial score (nSPS) is 13.9. The fourth-order valence-corrected chi connectivity index (χ4v) is 4.54. The van der Waals surface area contributed by atoms with Crippen molar-refractivity contribution in [2.24, 2.45) is 0 Å². The molecule has 1 aliphatic rings. The number of benzene rings is 3. The molecule has 4 rings (SSSR count). The Hall–Kier alpha value is -3.61. The third kappa shape index (κ3) is 6.14. The SMILES string of the molecule is CCCN(C)Cc1ccc(N/C(=C2\C(=O)Nc3cc(Cl)ccc32)c2ccc(CCC(=O)O)cc2)cc1. The molecule has 0 radical (unpaired) electrons. The van der Waals surface area contributed by atoms with Crippen molar-refractivity contribution in [3.8, 4) is 0 Å². The van der Waals surface area contributed by atoms with Gasteiger partial charge in [0.2, 0.25) is 0 Å². The van der Waals surface area contributed by atoms with Crippen LogP contribution in [0.5, 0.6) is 0 Å². The molecule has 3 aromatic rings. The first-order valence-corrected chi connectivity index (χ1v) is 12.4. The Morgan fingerprint density at radius 2 is 1.72 bits per heavy atom. The smallest absolute Gasteiger partial charge is 0.303 e. The first-order valence-electron chi connectivity index (χ1n) is 12.0. The van der Waals surface area contributed by atoms with E-state index < -0.39 is 5.97 Å². The van der Waals surface area contributed by atoms with Gasteiger partial charge in [0, 0.05) is 29.2 Å². The van der Waals surface area contributed by atoms with E-state index in [0.717, 1.165) is 41.9 Å². The van der Waals surface area contributed by atoms with Gasteiger partial charge in [-0.15, -0.1) is 0 Å². The number of hydrogen-bond donors (Lipinski definition) is 3. The summed E-state index contributed by atoms with van der Waals surface area (Å²) in [6.07, 6.45) is 1.63. The van der Waals surface area contributed by atoms with Crippen molar-refractivity contribution in [2.75, 3.05) is 24.2 Å². The second-order valence-corrected chi connectivity index (χ2v) is 9.48. The summed E-state index contributed by atoms with van der Waals surface area (Å²) in [4.78, 5) is 26.3. The number of rotatable bonds is 10. The van der Waals surface area contributed by atoms with Crippen molar-refractivity contribution in [2.45, 2.75) is 32.7 Å². The second kappa shape index (κ2) is 11.4. The summed E-state index contributed by atoms with van der Waals surface area (Å²) in [5, 5.41) is 15.9. The average molecular weight is 504 g/mol. The molecule has 36 heavy (non-hydrogen) atoms. The van der Waals surface area contributed by atoms with Gasteiger partial charge in [-0.3, -0.25) is 9.59 Å². The fourth-order valence-electron chi connectivity index (χ4n) is 4.37. The number of hydrogen-bond acceptors (Lipinski definition) is 4. The highest BCUT2D eigenvalue weighted by Gasteiger charge is 2.28. The summed E-state index contributed by atoms with van der Waals surface area (Å²) in [5.74, 6) is -1.03. The predicted octanol–water partition coefficient (Wildman–Crippen LogP) is 6.13. The summed E-state index contributed by atoms with van der Waals surface area (Å²) in [7, 11) is 2.11. The molecule has 7 heteroatoms. The number of nitrogens with zero attached hydrogens (tertiary/aromatic N) is 1. The van der Waals surface area contributed by atoms with Crippen LogP contribution in [0.2, 0.25) is 5.02 Å². The molecule has 186 valence electrons. The second-order valence-electron chi connectivity index (χ2n) is 9.04. The summed E-state index contributed by atoms with van der Waals surface area (Å²) < 4.78 is 0. The monoisotopic (exact) mass is 503 g/mol. The van der Waals surface area contributed by atoms with Gasteiger partial charge in [0.05, 0.1) is 17.0 Å². The zero-order valence-electron chi connectivity index (χ0n) is 20.5. The van der Waals surface area contributed by atoms with Crippen LogP contribution in [0.3, 0.4) is 0 Å². The molecule has 0 unspecified atom stereocenters. The average Bonchev–Trinajstić information content (AvgIpc) is 3.17. The third-order valence-electron chi connectivity index (χ3n) is 6.13. The van der Waals surface area contributed by atoms with Gasteiger partial charge in [-0.1, -0.05) is 61.0 Å². The standard InChI is InChI=1S/C29H30ClN3O3/c1-3-16-33(2)18-20-6-12-23(13-7-20)31-28(21-9-4-19(5-10-21)8-15-26(34)35)27-24-14-11-22(30)17-25(24)32-29(27)36/h4-7,9-14,17,31H,3,8,15-16,18H2,1-2H3,(H,32,36)(H,34,35)/b28-27-. The van der Waals surface area contributed by atoms with Crippen molar-refractivity contribution < 1.29 is 14.7 Å². The van der Waals surface area contributed by atoms with E-state index in [2.05, 4.69) is 41.6 Å². The molecule has 0 bridgehead atoms. The molecule has 6 nitrogen and oxygen atoms in total. The van der Waals surface area contributed by atoms with Gasteiger partial charge in [0.25, 0.3) is 5.91 Å². The van der Waals surface area contributed by atoms with E-state index in [-0.39, 0.29) is 12.3 Å². The highest BCUT2D eigenvalue weighted by atomic mass is 35.5. The zero-order chi connectivity index (χ0) is 25.7. The molecule has 1 heterocycles. The maximum atomic E-state index is 13.1. The van der Waals surface area contributed by atoms with E-state index in [4.69, 9.17) is 16.7 Å². The maximum Gasteiger partial charge on any atom is 0.303 e. The molecule has 0 spiro atoms. The van der Waals surface area contributed by atoms with Gasteiger partial charge in [0.15, 0.2) is 0 Å². The Morgan fingerprint density at radius 3 is 2.39 bits per heavy atom. The predicted molar refractivity (Wildman–Crippen MR) is 146 cm³/mol. The number of carboxylic acid groups (broad SMARTS) is 1. The van der Waals surface area contributed by atoms with Gasteiger partial charge in [-0.25, -0.2) is 0 Å². The van der Waals surface area contributed by atoms with Crippen molar-refractivity contribution in [1.82, 2.24) is 4.90 Å². The molecule has 0 atom stereocenters. The maximum absolute atomic E-state index is 13.1. The minimum absolute atomic E-state index is 0.0713. The fraction of sp³-hybridized carbons (Fsp3) is 0.241. The van der Waals surface area contributed by atoms with Crippen LogP contribution in [0.15, 0.2) is 66.7 Å². The van der Waals surface area contributed by atoms with Crippen LogP contribution in [0.25, 0.3) is 11.3 Å². The molecule has 3 N–H and O–H groups in total. The first-order chi connectivity index (χ1) is 17.3. The zero-order valence-corrected chi connectivity index (χ0v) is 21.2. The van der Waals surface area contributed by atoms with Crippen LogP contribution in [-0.4, -0.2) is 35.5 Å². The summed E-state index contributed by atoms with van der Waals surface area (Å²) in [5.41, 5.74) is 6.49. The lowest BCUT2D eigenvalue weighted by molar-refractivity contribution is -0.137. The number of aliphatic carboxylic acids is 1. The van der Waals surface area contributed by atoms with Crippen LogP contribution < -0.4 is 10.6 Å². The van der Waals surface area contributed by atoms with E-state index in [1.54, 1.807) is 12.1 Å². The minimum atomic E-state index is -0.828. The van der Waals surface area contributed by atoms with Crippen LogP contribution in [0.1, 0.15) is 42.0 Å². The number of carbonyl (C=O) groups excluding carboxylic acids is 1. The van der Waals surface area contributed by atoms with Gasteiger partial charge in [-0.05, 0) is 67.4 Å². The number of amides is 1. The highest BCUT2D eigenvalue weighted by molar-refractivity contribution is 6.38. The number of carbonyl (C=O) groups is 2. The lowest BCUT2D eigenvalue weighted by Gasteiger charge is -2.17. The van der Waals surface area contributed by atoms with Gasteiger partial charge < -0.3 is 20.6 Å². The Labute approximate surface area is 216 Å². The molecule has 0 fully saturated rings. The van der Waals surface area contributed by atoms with E-state index in [9.17, 15) is 9.59 Å². The van der Waals surface area contributed by atoms with Crippen LogP contribution in [0.4, 0.5) is 11.4 Å². The molecule has 0 saturated carbocycles. The number of anilines is 2. The summed E-state index contributed by atoms with van der Waals surface area (Å²) in [6, 6.07) is 21.2. The summed E-state index contributed by atoms with van der Waals surface area (Å²) >= 11 is 6.16. The third-order valence-corrected chi connectivity index (χ3v) is 6.36. The van der Waals surface area contributed by atoms with Gasteiger partial charge in [-0.2, -0.15) is 0 Å². The number of halogens is 1. The Balaban J connectivity index is 1.69. The molecule has 0 aliphatic carbocycles. The molecule has 0 saturated heterocycles. The molecule has 3 aromatic carbocycles. The largest absolute Gasteiger partial charge is 0.481 e. The van der Waals surface area contributed by atoms with E-state index in [0.29, 0.717) is 28.4 Å². The van der Waals surface area contributed by atoms with Gasteiger partial charge >= 0.3 is 5.97 Å². The van der Waals surface area contributed by atoms with Gasteiger partial charge in [0.1, 0.15) is 0 Å². The Bertz CT molecular complexity index is 1280. The molecule has 1 amide bonds. The van der Waals surface area contributed by atoms with Crippen molar-refractivity contribution in [3.63, 3.8) is 0 Å². The van der Waals surface area contributed by atoms with Crippen molar-refractivity contribution in [1.29, 1.82) is 0 Å². The van der Waals surface area contributed by atoms with E-state index in [1.165, 1.54) is 5.56 Å². The number of aryl methyl sites for hydroxylation is 1. The lowest BCUT2D eigenvalue weighted by atomic mass is 9.98. The van der Waals surface area contributed by atoms with Crippen LogP contribution >= 0.6 is 11.6 Å². The first kappa shape index (κ1) is 25.5. The number of carboxylic acids is 1. The molecule has 1 aliphatic heterocycles. The minimum Gasteiger partial charge on any atom is -0.481 e. The number of nitrogens with one attached hydrogen (secondary N) is 2. The Morgan fingerprint density at radius 1 is 1.03 bits per heavy atom. The molecular formula is C29H30ClN3O3. The Kier molecular flexibility index (Phi) is 8.08. The summed E-state index contributed by atoms with van der Waals surface area (Å²) in [6.45, 7) is 4.08. The lowest BCUT2D eigenvalue weighted by Crippen LogP contribution is -2.18. The van der Waals surface area contributed by atoms with Crippen molar-refractivity contribution in [3.05, 3.63) is 94.0 Å². The number of fused-ring (bicyclic) bond motifs is 1. The highest BCUT2D eigenvalue weighted by Crippen LogP contribution is 2.38. The van der Waals surface area contributed by atoms with Crippen LogP contribution in [-0.2, 0) is 22.6 Å².